The summed E-state index contributed by atoms with van der Waals surface area (Å²) in [5, 5.41) is 0. The van der Waals surface area contributed by atoms with Crippen molar-refractivity contribution in [3.05, 3.63) is 11.6 Å². The van der Waals surface area contributed by atoms with Crippen molar-refractivity contribution in [3.8, 4) is 0 Å². The quantitative estimate of drug-likeness (QED) is 0.131. The van der Waals surface area contributed by atoms with Crippen LogP contribution in [0, 0.1) is 5.92 Å². The van der Waals surface area contributed by atoms with Crippen molar-refractivity contribution < 1.29 is 9.22 Å². The van der Waals surface area contributed by atoms with Gasteiger partial charge in [0.25, 0.3) is 14.3 Å². The summed E-state index contributed by atoms with van der Waals surface area (Å²) in [5.41, 5.74) is 4.49. The van der Waals surface area contributed by atoms with Gasteiger partial charge in [-0.1, -0.05) is 58.1 Å². The summed E-state index contributed by atoms with van der Waals surface area (Å²) in [6, 6.07) is 3.23. The Morgan fingerprint density at radius 2 is 1.13 bits per heavy atom. The molecule has 39 heavy (non-hydrogen) atoms. The fourth-order valence-corrected chi connectivity index (χ4v) is 19.7. The minimum atomic E-state index is -1.96. The third-order valence-electron chi connectivity index (χ3n) is 12.1. The van der Waals surface area contributed by atoms with E-state index in [2.05, 4.69) is 26.8 Å². The average Bonchev–Trinajstić information content (AvgIpc) is 3.02. The fourth-order valence-electron chi connectivity index (χ4n) is 9.44. The molecule has 0 aromatic rings. The summed E-state index contributed by atoms with van der Waals surface area (Å²) in [6.45, 7) is 6.86. The molecule has 4 rings (SSSR count). The van der Waals surface area contributed by atoms with Gasteiger partial charge in [0.05, 0.1) is 29.1 Å². The number of hydrogen-bond acceptors (Lipinski definition) is 2. The highest BCUT2D eigenvalue weighted by Crippen LogP contribution is 2.78. The molecule has 0 N–H and O–H groups in total. The van der Waals surface area contributed by atoms with Gasteiger partial charge in [-0.25, -0.2) is 0 Å². The Morgan fingerprint density at radius 3 is 1.54 bits per heavy atom. The Kier molecular flexibility index (Phi) is 13.0. The van der Waals surface area contributed by atoms with Crippen LogP contribution in [0.4, 0.5) is 0 Å². The van der Waals surface area contributed by atoms with Crippen molar-refractivity contribution in [2.24, 2.45) is 5.92 Å². The summed E-state index contributed by atoms with van der Waals surface area (Å²) >= 11 is 0. The maximum absolute atomic E-state index is 14.4. The molecule has 4 saturated carbocycles. The predicted molar refractivity (Wildman–Crippen MR) is 175 cm³/mol. The van der Waals surface area contributed by atoms with Crippen LogP contribution in [-0.2, 0) is 9.22 Å². The normalized spacial score (nSPS) is 23.9. The molecule has 2 nitrogen and oxygen atoms in total. The molecule has 4 fully saturated rings. The first kappa shape index (κ1) is 31.8. The van der Waals surface area contributed by atoms with Crippen molar-refractivity contribution in [3.63, 3.8) is 0 Å². The molecule has 4 heteroatoms. The molecule has 0 aliphatic heterocycles. The smallest absolute Gasteiger partial charge is 0.299 e. The van der Waals surface area contributed by atoms with Crippen LogP contribution in [0.1, 0.15) is 156 Å². The van der Waals surface area contributed by atoms with Crippen LogP contribution in [-0.4, -0.2) is 37.4 Å². The van der Waals surface area contributed by atoms with E-state index in [1.807, 2.05) is 0 Å². The molecule has 0 heterocycles. The molecule has 0 spiro atoms. The van der Waals surface area contributed by atoms with E-state index < -0.39 is 15.6 Å². The van der Waals surface area contributed by atoms with E-state index in [9.17, 15) is 4.79 Å². The van der Waals surface area contributed by atoms with Gasteiger partial charge >= 0.3 is 0 Å². The number of rotatable bonds is 12. The second kappa shape index (κ2) is 15.9. The third-order valence-corrected chi connectivity index (χ3v) is 23.3. The lowest BCUT2D eigenvalue weighted by Gasteiger charge is -2.50. The highest BCUT2D eigenvalue weighted by Gasteiger charge is 2.58. The molecule has 224 valence electrons. The zero-order valence-corrected chi connectivity index (χ0v) is 28.2. The molecular formula is C35H64O2PSi+. The third kappa shape index (κ3) is 8.03. The Bertz CT molecular complexity index is 695. The summed E-state index contributed by atoms with van der Waals surface area (Å²) in [7, 11) is -3.27. The van der Waals surface area contributed by atoms with Crippen LogP contribution < -0.4 is 0 Å². The minimum absolute atomic E-state index is 0.120. The maximum Gasteiger partial charge on any atom is 0.299 e. The van der Waals surface area contributed by atoms with Crippen LogP contribution in [0.2, 0.25) is 18.1 Å². The Morgan fingerprint density at radius 1 is 0.718 bits per heavy atom. The molecular weight excluding hydrogens is 511 g/mol. The lowest BCUT2D eigenvalue weighted by atomic mass is 9.93. The summed E-state index contributed by atoms with van der Waals surface area (Å²) in [6.07, 6.45) is 33.3. The number of carbonyl (C=O) groups excluding carboxylic acids is 1. The molecule has 1 atom stereocenters. The SMILES string of the molecule is CC[Si](CC)(CC)OC(=O)C(CC=C1CCCCC1)C[P+](C1CCCCC1)(C1CCCCC1)C1CCCCC1. The molecule has 0 bridgehead atoms. The average molecular weight is 576 g/mol. The second-order valence-electron chi connectivity index (χ2n) is 14.1. The van der Waals surface area contributed by atoms with E-state index in [0.29, 0.717) is 0 Å². The number of hydrogen-bond donors (Lipinski definition) is 0. The van der Waals surface area contributed by atoms with Crippen LogP contribution >= 0.6 is 7.26 Å². The largest absolute Gasteiger partial charge is 0.519 e. The zero-order valence-electron chi connectivity index (χ0n) is 26.3. The Labute approximate surface area is 244 Å². The van der Waals surface area contributed by atoms with Crippen LogP contribution in [0.15, 0.2) is 11.6 Å². The first-order valence-corrected chi connectivity index (χ1v) is 22.6. The maximum atomic E-state index is 14.4. The molecule has 0 aromatic heterocycles. The highest BCUT2D eigenvalue weighted by molar-refractivity contribution is 7.78. The predicted octanol–water partition coefficient (Wildman–Crippen LogP) is 11.4. The summed E-state index contributed by atoms with van der Waals surface area (Å²) in [4.78, 5) is 14.4. The summed E-state index contributed by atoms with van der Waals surface area (Å²) in [5.74, 6) is 0.363. The molecule has 0 amide bonds. The van der Waals surface area contributed by atoms with Crippen molar-refractivity contribution in [2.45, 2.75) is 191 Å². The first-order chi connectivity index (χ1) is 19.1. The van der Waals surface area contributed by atoms with Gasteiger partial charge in [0.15, 0.2) is 0 Å². The van der Waals surface area contributed by atoms with Crippen LogP contribution in [0.3, 0.4) is 0 Å². The minimum Gasteiger partial charge on any atom is -0.519 e. The van der Waals surface area contributed by atoms with Crippen molar-refractivity contribution in [1.82, 2.24) is 0 Å². The second-order valence-corrected chi connectivity index (χ2v) is 23.3. The van der Waals surface area contributed by atoms with E-state index in [1.165, 1.54) is 135 Å². The molecule has 1 unspecified atom stereocenters. The van der Waals surface area contributed by atoms with Gasteiger partial charge in [-0.3, -0.25) is 4.79 Å². The molecule has 0 aromatic carbocycles. The first-order valence-electron chi connectivity index (χ1n) is 17.8. The summed E-state index contributed by atoms with van der Waals surface area (Å²) < 4.78 is 6.78. The van der Waals surface area contributed by atoms with Gasteiger partial charge in [-0.05, 0) is 127 Å². The standard InChI is InChI=1S/C35H64O2PSi/c1-4-39(5-2,6-3)37-35(36)31(28-27-30-19-11-7-12-20-30)29-38(32-21-13-8-14-22-32,33-23-15-9-16-24-33)34-25-17-10-18-26-34/h27,31-34H,4-26,28-29H2,1-3H3/q+1. The number of carbonyl (C=O) groups is 1. The monoisotopic (exact) mass is 575 g/mol. The van der Waals surface area contributed by atoms with Crippen molar-refractivity contribution >= 4 is 21.5 Å². The van der Waals surface area contributed by atoms with Crippen LogP contribution in [0.5, 0.6) is 0 Å². The van der Waals surface area contributed by atoms with Gasteiger partial charge in [0.1, 0.15) is 0 Å². The van der Waals surface area contributed by atoms with Gasteiger partial charge in [0, 0.05) is 7.26 Å². The Balaban J connectivity index is 1.71. The van der Waals surface area contributed by atoms with E-state index >= 15 is 0 Å². The zero-order chi connectivity index (χ0) is 27.6. The molecule has 4 aliphatic carbocycles. The van der Waals surface area contributed by atoms with E-state index in [1.54, 1.807) is 5.57 Å². The Hall–Kier alpha value is -0.143. The van der Waals surface area contributed by atoms with Gasteiger partial charge in [-0.15, -0.1) is 0 Å². The van der Waals surface area contributed by atoms with Gasteiger partial charge in [-0.2, -0.15) is 0 Å². The topological polar surface area (TPSA) is 26.3 Å². The molecule has 0 radical (unpaired) electrons. The fraction of sp³-hybridized carbons (Fsp3) is 0.914. The van der Waals surface area contributed by atoms with Crippen molar-refractivity contribution in [2.75, 3.05) is 6.16 Å². The van der Waals surface area contributed by atoms with Gasteiger partial charge < -0.3 is 4.43 Å². The van der Waals surface area contributed by atoms with E-state index in [0.717, 1.165) is 41.5 Å². The molecule has 0 saturated heterocycles. The van der Waals surface area contributed by atoms with E-state index in [4.69, 9.17) is 4.43 Å². The van der Waals surface area contributed by atoms with Crippen molar-refractivity contribution in [1.29, 1.82) is 0 Å². The lowest BCUT2D eigenvalue weighted by molar-refractivity contribution is -0.139. The molecule has 4 aliphatic rings. The van der Waals surface area contributed by atoms with Crippen LogP contribution in [0.25, 0.3) is 0 Å². The van der Waals surface area contributed by atoms with E-state index in [-0.39, 0.29) is 11.9 Å². The number of allylic oxidation sites excluding steroid dienone is 2. The highest BCUT2D eigenvalue weighted by atomic mass is 31.2. The van der Waals surface area contributed by atoms with Gasteiger partial charge in [0.2, 0.25) is 0 Å². The lowest BCUT2D eigenvalue weighted by Crippen LogP contribution is -2.44.